The van der Waals surface area contributed by atoms with Crippen LogP contribution in [0.2, 0.25) is 0 Å². The van der Waals surface area contributed by atoms with Gasteiger partial charge in [-0.05, 0) is 64.4 Å². The van der Waals surface area contributed by atoms with Gasteiger partial charge in [0.15, 0.2) is 6.61 Å². The molecule has 1 amide bonds. The predicted octanol–water partition coefficient (Wildman–Crippen LogP) is 3.95. The highest BCUT2D eigenvalue weighted by Gasteiger charge is 2.20. The van der Waals surface area contributed by atoms with E-state index in [-0.39, 0.29) is 15.5 Å². The van der Waals surface area contributed by atoms with Crippen molar-refractivity contribution in [3.8, 4) is 0 Å². The summed E-state index contributed by atoms with van der Waals surface area (Å²) in [6.45, 7) is -0.504. The molecule has 3 aromatic rings. The van der Waals surface area contributed by atoms with E-state index in [2.05, 4.69) is 32.6 Å². The maximum absolute atomic E-state index is 12.4. The SMILES string of the molecule is O=C(COC(=O)c1ccccc1NS(=O)(=O)c1cccs1)Nc1cccc(I)c1. The van der Waals surface area contributed by atoms with E-state index in [1.165, 1.54) is 18.2 Å². The van der Waals surface area contributed by atoms with Gasteiger partial charge in [0.05, 0.1) is 11.3 Å². The van der Waals surface area contributed by atoms with Crippen molar-refractivity contribution in [2.75, 3.05) is 16.6 Å². The molecule has 0 unspecified atom stereocenters. The summed E-state index contributed by atoms with van der Waals surface area (Å²) in [5.41, 5.74) is 0.667. The number of nitrogens with one attached hydrogen (secondary N) is 2. The summed E-state index contributed by atoms with van der Waals surface area (Å²) >= 11 is 3.18. The second-order valence-electron chi connectivity index (χ2n) is 5.72. The fourth-order valence-corrected chi connectivity index (χ4v) is 4.95. The molecule has 3 rings (SSSR count). The Hall–Kier alpha value is -2.44. The van der Waals surface area contributed by atoms with Crippen LogP contribution in [0, 0.1) is 3.57 Å². The van der Waals surface area contributed by atoms with Gasteiger partial charge in [0.25, 0.3) is 15.9 Å². The smallest absolute Gasteiger partial charge is 0.340 e. The van der Waals surface area contributed by atoms with Gasteiger partial charge in [-0.3, -0.25) is 9.52 Å². The van der Waals surface area contributed by atoms with Gasteiger partial charge in [0, 0.05) is 9.26 Å². The molecule has 0 saturated heterocycles. The zero-order valence-electron chi connectivity index (χ0n) is 14.8. The molecule has 0 aliphatic carbocycles. The Kier molecular flexibility index (Phi) is 6.87. The molecule has 1 aromatic heterocycles. The molecular weight excluding hydrogens is 527 g/mol. The van der Waals surface area contributed by atoms with Crippen molar-refractivity contribution in [2.24, 2.45) is 0 Å². The Morgan fingerprint density at radius 3 is 2.55 bits per heavy atom. The van der Waals surface area contributed by atoms with Crippen LogP contribution in [-0.2, 0) is 19.6 Å². The normalized spacial score (nSPS) is 10.9. The Labute approximate surface area is 185 Å². The first-order valence-corrected chi connectivity index (χ1v) is 11.7. The van der Waals surface area contributed by atoms with Gasteiger partial charge in [-0.1, -0.05) is 24.3 Å². The number of anilines is 2. The van der Waals surface area contributed by atoms with E-state index in [1.807, 2.05) is 6.07 Å². The summed E-state index contributed by atoms with van der Waals surface area (Å²) < 4.78 is 33.3. The van der Waals surface area contributed by atoms with Crippen LogP contribution in [0.3, 0.4) is 0 Å². The monoisotopic (exact) mass is 542 g/mol. The molecule has 1 heterocycles. The lowest BCUT2D eigenvalue weighted by atomic mass is 10.2. The summed E-state index contributed by atoms with van der Waals surface area (Å²) in [7, 11) is -3.82. The van der Waals surface area contributed by atoms with Crippen molar-refractivity contribution in [1.29, 1.82) is 0 Å². The fraction of sp³-hybridized carbons (Fsp3) is 0.0526. The van der Waals surface area contributed by atoms with Gasteiger partial charge in [-0.15, -0.1) is 11.3 Å². The predicted molar refractivity (Wildman–Crippen MR) is 120 cm³/mol. The number of hydrogen-bond donors (Lipinski definition) is 2. The lowest BCUT2D eigenvalue weighted by Gasteiger charge is -2.11. The number of carbonyl (C=O) groups is 2. The Bertz CT molecular complexity index is 1130. The molecule has 0 bridgehead atoms. The number of esters is 1. The molecule has 2 aromatic carbocycles. The van der Waals surface area contributed by atoms with E-state index in [4.69, 9.17) is 4.74 Å². The summed E-state index contributed by atoms with van der Waals surface area (Å²) in [4.78, 5) is 24.4. The first-order chi connectivity index (χ1) is 13.8. The van der Waals surface area contributed by atoms with E-state index in [1.54, 1.807) is 41.8 Å². The molecule has 0 radical (unpaired) electrons. The molecule has 0 fully saturated rings. The van der Waals surface area contributed by atoms with Crippen molar-refractivity contribution < 1.29 is 22.7 Å². The third-order valence-corrected chi connectivity index (χ3v) is 7.03. The minimum Gasteiger partial charge on any atom is -0.452 e. The van der Waals surface area contributed by atoms with Crippen LogP contribution in [0.25, 0.3) is 0 Å². The van der Waals surface area contributed by atoms with Crippen LogP contribution in [-0.4, -0.2) is 26.9 Å². The van der Waals surface area contributed by atoms with E-state index in [0.29, 0.717) is 5.69 Å². The third-order valence-electron chi connectivity index (χ3n) is 3.59. The Balaban J connectivity index is 1.66. The van der Waals surface area contributed by atoms with Gasteiger partial charge < -0.3 is 10.1 Å². The fourth-order valence-electron chi connectivity index (χ4n) is 2.33. The van der Waals surface area contributed by atoms with Crippen LogP contribution in [0.5, 0.6) is 0 Å². The van der Waals surface area contributed by atoms with Gasteiger partial charge in [0.2, 0.25) is 0 Å². The molecule has 150 valence electrons. The number of hydrogen-bond acceptors (Lipinski definition) is 6. The number of ether oxygens (including phenoxy) is 1. The Morgan fingerprint density at radius 1 is 1.03 bits per heavy atom. The van der Waals surface area contributed by atoms with Gasteiger partial charge >= 0.3 is 5.97 Å². The molecule has 10 heteroatoms. The summed E-state index contributed by atoms with van der Waals surface area (Å²) in [5.74, 6) is -1.32. The highest BCUT2D eigenvalue weighted by Crippen LogP contribution is 2.23. The number of thiophene rings is 1. The molecule has 7 nitrogen and oxygen atoms in total. The highest BCUT2D eigenvalue weighted by atomic mass is 127. The number of benzene rings is 2. The first kappa shape index (κ1) is 21.3. The lowest BCUT2D eigenvalue weighted by Crippen LogP contribution is -2.22. The number of amides is 1. The summed E-state index contributed by atoms with van der Waals surface area (Å²) in [5, 5.41) is 4.27. The summed E-state index contributed by atoms with van der Waals surface area (Å²) in [6, 6.07) is 16.3. The second kappa shape index (κ2) is 9.37. The van der Waals surface area contributed by atoms with E-state index < -0.39 is 28.5 Å². The number of para-hydroxylation sites is 1. The molecule has 0 spiro atoms. The van der Waals surface area contributed by atoms with E-state index in [0.717, 1.165) is 14.9 Å². The lowest BCUT2D eigenvalue weighted by molar-refractivity contribution is -0.119. The molecule has 0 aliphatic heterocycles. The van der Waals surface area contributed by atoms with Crippen molar-refractivity contribution in [3.63, 3.8) is 0 Å². The van der Waals surface area contributed by atoms with Gasteiger partial charge in [-0.2, -0.15) is 0 Å². The maximum atomic E-state index is 12.4. The highest BCUT2D eigenvalue weighted by molar-refractivity contribution is 14.1. The van der Waals surface area contributed by atoms with Crippen molar-refractivity contribution in [3.05, 3.63) is 75.2 Å². The van der Waals surface area contributed by atoms with E-state index >= 15 is 0 Å². The van der Waals surface area contributed by atoms with Gasteiger partial charge in [0.1, 0.15) is 4.21 Å². The van der Waals surface area contributed by atoms with Crippen molar-refractivity contribution in [1.82, 2.24) is 0 Å². The van der Waals surface area contributed by atoms with Crippen molar-refractivity contribution >= 4 is 67.2 Å². The molecular formula is C19H15IN2O5S2. The van der Waals surface area contributed by atoms with Crippen LogP contribution in [0.1, 0.15) is 10.4 Å². The second-order valence-corrected chi connectivity index (χ2v) is 9.82. The zero-order valence-corrected chi connectivity index (χ0v) is 18.6. The topological polar surface area (TPSA) is 102 Å². The number of sulfonamides is 1. The van der Waals surface area contributed by atoms with Crippen LogP contribution >= 0.6 is 33.9 Å². The third kappa shape index (κ3) is 5.78. The van der Waals surface area contributed by atoms with E-state index in [9.17, 15) is 18.0 Å². The van der Waals surface area contributed by atoms with Crippen LogP contribution in [0.15, 0.2) is 70.3 Å². The minimum absolute atomic E-state index is 0.00897. The minimum atomic E-state index is -3.82. The average Bonchev–Trinajstić information content (AvgIpc) is 3.22. The van der Waals surface area contributed by atoms with Crippen molar-refractivity contribution in [2.45, 2.75) is 4.21 Å². The number of carbonyl (C=O) groups excluding carboxylic acids is 2. The largest absolute Gasteiger partial charge is 0.452 e. The molecule has 2 N–H and O–H groups in total. The summed E-state index contributed by atoms with van der Waals surface area (Å²) in [6.07, 6.45) is 0. The molecule has 0 saturated carbocycles. The quantitative estimate of drug-likeness (QED) is 0.348. The molecule has 0 atom stereocenters. The zero-order chi connectivity index (χ0) is 20.9. The first-order valence-electron chi connectivity index (χ1n) is 8.23. The molecule has 29 heavy (non-hydrogen) atoms. The number of rotatable bonds is 7. The van der Waals surface area contributed by atoms with Gasteiger partial charge in [-0.25, -0.2) is 13.2 Å². The standard InChI is InChI=1S/C19H15IN2O5S2/c20-13-5-3-6-14(11-13)21-17(23)12-27-19(24)15-7-1-2-8-16(15)22-29(25,26)18-9-4-10-28-18/h1-11,22H,12H2,(H,21,23). The van der Waals surface area contributed by atoms with Crippen LogP contribution < -0.4 is 10.0 Å². The average molecular weight is 542 g/mol. The van der Waals surface area contributed by atoms with Crippen LogP contribution in [0.4, 0.5) is 11.4 Å². The molecule has 0 aliphatic rings. The maximum Gasteiger partial charge on any atom is 0.340 e. The Morgan fingerprint density at radius 2 is 1.83 bits per heavy atom. The number of halogens is 1.